The largest absolute Gasteiger partial charge is 0.307 e. The zero-order chi connectivity index (χ0) is 11.5. The second kappa shape index (κ2) is 5.12. The maximum Gasteiger partial charge on any atom is 0.307 e. The second-order valence-corrected chi connectivity index (χ2v) is 5.44. The first-order chi connectivity index (χ1) is 7.70. The molecule has 2 aromatic rings. The summed E-state index contributed by atoms with van der Waals surface area (Å²) in [5, 5.41) is 4.88. The van der Waals surface area contributed by atoms with Gasteiger partial charge in [0.15, 0.2) is 0 Å². The van der Waals surface area contributed by atoms with Crippen molar-refractivity contribution in [3.05, 3.63) is 36.8 Å². The van der Waals surface area contributed by atoms with Crippen molar-refractivity contribution in [1.29, 1.82) is 0 Å². The molecular formula is C10H11ClN2OS2. The number of hydrogen-bond acceptors (Lipinski definition) is 4. The van der Waals surface area contributed by atoms with E-state index in [0.29, 0.717) is 12.4 Å². The van der Waals surface area contributed by atoms with Crippen molar-refractivity contribution in [2.45, 2.75) is 25.8 Å². The SMILES string of the molecule is Cc1csc(=O)n1CCc1nc(CCl)cs1. The van der Waals surface area contributed by atoms with Crippen LogP contribution >= 0.6 is 34.3 Å². The van der Waals surface area contributed by atoms with E-state index in [4.69, 9.17) is 11.6 Å². The van der Waals surface area contributed by atoms with E-state index in [1.807, 2.05) is 17.7 Å². The van der Waals surface area contributed by atoms with Gasteiger partial charge in [0.25, 0.3) is 0 Å². The van der Waals surface area contributed by atoms with Crippen molar-refractivity contribution < 1.29 is 0 Å². The molecule has 0 aliphatic carbocycles. The Labute approximate surface area is 106 Å². The zero-order valence-corrected chi connectivity index (χ0v) is 11.2. The van der Waals surface area contributed by atoms with Crippen LogP contribution < -0.4 is 4.87 Å². The molecule has 0 N–H and O–H groups in total. The standard InChI is InChI=1S/C10H11ClN2OS2/c1-7-5-16-10(14)13(7)3-2-9-12-8(4-11)6-15-9/h5-6H,2-4H2,1H3. The van der Waals surface area contributed by atoms with Gasteiger partial charge >= 0.3 is 4.87 Å². The number of aryl methyl sites for hydroxylation is 2. The quantitative estimate of drug-likeness (QED) is 0.804. The smallest absolute Gasteiger partial charge is 0.303 e. The molecule has 16 heavy (non-hydrogen) atoms. The predicted molar refractivity (Wildman–Crippen MR) is 68.7 cm³/mol. The Morgan fingerprint density at radius 2 is 2.25 bits per heavy atom. The molecule has 6 heteroatoms. The first-order valence-corrected chi connectivity index (χ1v) is 7.14. The molecule has 0 aliphatic rings. The maximum atomic E-state index is 11.5. The van der Waals surface area contributed by atoms with Crippen LogP contribution in [0.25, 0.3) is 0 Å². The van der Waals surface area contributed by atoms with Crippen LogP contribution in [0.3, 0.4) is 0 Å². The fourth-order valence-electron chi connectivity index (χ4n) is 1.41. The van der Waals surface area contributed by atoms with Crippen LogP contribution in [0, 0.1) is 6.92 Å². The lowest BCUT2D eigenvalue weighted by Crippen LogP contribution is -2.15. The molecule has 0 saturated carbocycles. The second-order valence-electron chi connectivity index (χ2n) is 3.41. The minimum absolute atomic E-state index is 0.103. The number of thiazole rings is 2. The molecular weight excluding hydrogens is 264 g/mol. The highest BCUT2D eigenvalue weighted by atomic mass is 35.5. The number of halogens is 1. The van der Waals surface area contributed by atoms with Crippen molar-refractivity contribution in [1.82, 2.24) is 9.55 Å². The van der Waals surface area contributed by atoms with E-state index >= 15 is 0 Å². The molecule has 0 amide bonds. The third kappa shape index (κ3) is 2.53. The molecule has 2 heterocycles. The normalized spacial score (nSPS) is 10.9. The Hall–Kier alpha value is -0.650. The summed E-state index contributed by atoms with van der Waals surface area (Å²) in [4.78, 5) is 15.9. The van der Waals surface area contributed by atoms with Gasteiger partial charge in [-0.15, -0.1) is 22.9 Å². The molecule has 2 aromatic heterocycles. The first kappa shape index (κ1) is 11.8. The molecule has 0 bridgehead atoms. The lowest BCUT2D eigenvalue weighted by molar-refractivity contribution is 0.663. The van der Waals surface area contributed by atoms with Gasteiger partial charge in [0.1, 0.15) is 0 Å². The summed E-state index contributed by atoms with van der Waals surface area (Å²) in [7, 11) is 0. The molecule has 0 spiro atoms. The van der Waals surface area contributed by atoms with Crippen molar-refractivity contribution in [2.75, 3.05) is 0 Å². The summed E-state index contributed by atoms with van der Waals surface area (Å²) in [6.07, 6.45) is 0.791. The number of nitrogens with zero attached hydrogens (tertiary/aromatic N) is 2. The first-order valence-electron chi connectivity index (χ1n) is 4.85. The fourth-order valence-corrected chi connectivity index (χ4v) is 3.18. The summed E-state index contributed by atoms with van der Waals surface area (Å²) in [6.45, 7) is 2.65. The average molecular weight is 275 g/mol. The molecule has 3 nitrogen and oxygen atoms in total. The van der Waals surface area contributed by atoms with Gasteiger partial charge in [0.05, 0.1) is 16.6 Å². The van der Waals surface area contributed by atoms with E-state index in [1.54, 1.807) is 15.9 Å². The van der Waals surface area contributed by atoms with Gasteiger partial charge in [-0.1, -0.05) is 11.3 Å². The minimum atomic E-state index is 0.103. The Bertz CT molecular complexity index is 529. The van der Waals surface area contributed by atoms with E-state index in [9.17, 15) is 4.79 Å². The fraction of sp³-hybridized carbons (Fsp3) is 0.400. The molecule has 0 aromatic carbocycles. The van der Waals surface area contributed by atoms with Gasteiger partial charge in [-0.2, -0.15) is 0 Å². The molecule has 0 saturated heterocycles. The van der Waals surface area contributed by atoms with Crippen LogP contribution in [0.5, 0.6) is 0 Å². The van der Waals surface area contributed by atoms with Gasteiger partial charge < -0.3 is 4.57 Å². The lowest BCUT2D eigenvalue weighted by Gasteiger charge is -2.01. The summed E-state index contributed by atoms with van der Waals surface area (Å²) >= 11 is 8.53. The predicted octanol–water partition coefficient (Wildman–Crippen LogP) is 2.66. The van der Waals surface area contributed by atoms with E-state index in [2.05, 4.69) is 4.98 Å². The van der Waals surface area contributed by atoms with Crippen LogP contribution in [0.2, 0.25) is 0 Å². The van der Waals surface area contributed by atoms with Crippen molar-refractivity contribution in [2.24, 2.45) is 0 Å². The molecule has 0 aliphatic heterocycles. The maximum absolute atomic E-state index is 11.5. The molecule has 86 valence electrons. The van der Waals surface area contributed by atoms with E-state index in [0.717, 1.165) is 22.8 Å². The van der Waals surface area contributed by atoms with Crippen molar-refractivity contribution >= 4 is 34.3 Å². The monoisotopic (exact) mass is 274 g/mol. The van der Waals surface area contributed by atoms with Crippen LogP contribution in [0.15, 0.2) is 15.6 Å². The number of rotatable bonds is 4. The number of aromatic nitrogens is 2. The average Bonchev–Trinajstić information content (AvgIpc) is 2.85. The Kier molecular flexibility index (Phi) is 3.78. The van der Waals surface area contributed by atoms with Crippen LogP contribution in [0.4, 0.5) is 0 Å². The third-order valence-electron chi connectivity index (χ3n) is 2.26. The topological polar surface area (TPSA) is 34.9 Å². The lowest BCUT2D eigenvalue weighted by atomic mass is 10.4. The molecule has 2 rings (SSSR count). The summed E-state index contributed by atoms with van der Waals surface area (Å²) < 4.78 is 1.78. The van der Waals surface area contributed by atoms with Gasteiger partial charge in [0.2, 0.25) is 0 Å². The molecule has 0 atom stereocenters. The Morgan fingerprint density at radius 3 is 2.81 bits per heavy atom. The zero-order valence-electron chi connectivity index (χ0n) is 8.77. The third-order valence-corrected chi connectivity index (χ3v) is 4.37. The van der Waals surface area contributed by atoms with Gasteiger partial charge in [-0.3, -0.25) is 4.79 Å². The summed E-state index contributed by atoms with van der Waals surface area (Å²) in [6, 6.07) is 0. The summed E-state index contributed by atoms with van der Waals surface area (Å²) in [5.41, 5.74) is 1.93. The summed E-state index contributed by atoms with van der Waals surface area (Å²) in [5.74, 6) is 0.452. The van der Waals surface area contributed by atoms with E-state index in [1.165, 1.54) is 11.3 Å². The molecule has 0 unspecified atom stereocenters. The minimum Gasteiger partial charge on any atom is -0.303 e. The number of hydrogen-bond donors (Lipinski definition) is 0. The van der Waals surface area contributed by atoms with E-state index in [-0.39, 0.29) is 4.87 Å². The number of alkyl halides is 1. The van der Waals surface area contributed by atoms with Crippen molar-refractivity contribution in [3.63, 3.8) is 0 Å². The highest BCUT2D eigenvalue weighted by molar-refractivity contribution is 7.09. The van der Waals surface area contributed by atoms with Crippen LogP contribution in [-0.4, -0.2) is 9.55 Å². The Morgan fingerprint density at radius 1 is 1.44 bits per heavy atom. The molecule has 0 radical (unpaired) electrons. The molecule has 0 fully saturated rings. The van der Waals surface area contributed by atoms with Gasteiger partial charge in [-0.05, 0) is 6.92 Å². The Balaban J connectivity index is 2.05. The van der Waals surface area contributed by atoms with Crippen LogP contribution in [0.1, 0.15) is 16.4 Å². The van der Waals surface area contributed by atoms with Crippen molar-refractivity contribution in [3.8, 4) is 0 Å². The van der Waals surface area contributed by atoms with Gasteiger partial charge in [0, 0.05) is 29.4 Å². The highest BCUT2D eigenvalue weighted by Crippen LogP contribution is 2.13. The van der Waals surface area contributed by atoms with E-state index < -0.39 is 0 Å². The van der Waals surface area contributed by atoms with Crippen LogP contribution in [-0.2, 0) is 18.8 Å². The highest BCUT2D eigenvalue weighted by Gasteiger charge is 2.05. The van der Waals surface area contributed by atoms with Gasteiger partial charge in [-0.25, -0.2) is 4.98 Å².